The molecule has 0 saturated heterocycles. The molecule has 2 aliphatic carbocycles. The van der Waals surface area contributed by atoms with Crippen LogP contribution in [-0.4, -0.2) is 6.04 Å². The quantitative estimate of drug-likeness (QED) is 0.647. The van der Waals surface area contributed by atoms with Crippen LogP contribution in [0.25, 0.3) is 0 Å². The second kappa shape index (κ2) is 2.48. The third-order valence-corrected chi connectivity index (χ3v) is 3.75. The van der Waals surface area contributed by atoms with E-state index >= 15 is 0 Å². The van der Waals surface area contributed by atoms with Crippen LogP contribution in [-0.2, 0) is 0 Å². The molecule has 1 atom stereocenters. The lowest BCUT2D eigenvalue weighted by Gasteiger charge is -2.24. The van der Waals surface area contributed by atoms with E-state index in [9.17, 15) is 0 Å². The Bertz CT molecular complexity index is 143. The molecular weight excluding hydrogens is 134 g/mol. The molecule has 2 aliphatic rings. The summed E-state index contributed by atoms with van der Waals surface area (Å²) < 4.78 is 0. The minimum Gasteiger partial charge on any atom is -0.327 e. The Balaban J connectivity index is 1.93. The Hall–Kier alpha value is -0.0400. The molecule has 0 aliphatic heterocycles. The lowest BCUT2D eigenvalue weighted by molar-refractivity contribution is 0.312. The summed E-state index contributed by atoms with van der Waals surface area (Å²) in [5.74, 6) is 0.863. The summed E-state index contributed by atoms with van der Waals surface area (Å²) in [7, 11) is 0. The third-order valence-electron chi connectivity index (χ3n) is 3.75. The van der Waals surface area contributed by atoms with Gasteiger partial charge in [0.05, 0.1) is 0 Å². The van der Waals surface area contributed by atoms with Crippen molar-refractivity contribution in [1.82, 2.24) is 0 Å². The topological polar surface area (TPSA) is 26.0 Å². The minimum atomic E-state index is 0.519. The molecule has 1 heteroatoms. The smallest absolute Gasteiger partial charge is 0.0121 e. The molecule has 11 heavy (non-hydrogen) atoms. The number of hydrogen-bond donors (Lipinski definition) is 1. The van der Waals surface area contributed by atoms with Gasteiger partial charge in [-0.2, -0.15) is 0 Å². The average Bonchev–Trinajstić information content (AvgIpc) is 2.54. The first-order valence-electron chi connectivity index (χ1n) is 4.98. The highest BCUT2D eigenvalue weighted by molar-refractivity contribution is 5.00. The Morgan fingerprint density at radius 3 is 2.27 bits per heavy atom. The predicted octanol–water partition coefficient (Wildman–Crippen LogP) is 2.30. The molecule has 0 radical (unpaired) electrons. The SMILES string of the molecule is CC1(C(N)C2CCCC2)CC1. The van der Waals surface area contributed by atoms with E-state index in [4.69, 9.17) is 5.73 Å². The minimum absolute atomic E-state index is 0.519. The molecule has 2 saturated carbocycles. The zero-order valence-corrected chi connectivity index (χ0v) is 7.47. The Morgan fingerprint density at radius 1 is 1.27 bits per heavy atom. The van der Waals surface area contributed by atoms with Gasteiger partial charge in [0, 0.05) is 6.04 Å². The van der Waals surface area contributed by atoms with Crippen molar-refractivity contribution in [3.8, 4) is 0 Å². The van der Waals surface area contributed by atoms with E-state index in [2.05, 4.69) is 6.92 Å². The van der Waals surface area contributed by atoms with Gasteiger partial charge in [-0.25, -0.2) is 0 Å². The maximum absolute atomic E-state index is 6.22. The Labute approximate surface area is 69.4 Å². The van der Waals surface area contributed by atoms with E-state index in [0.717, 1.165) is 5.92 Å². The van der Waals surface area contributed by atoms with Crippen LogP contribution in [0.3, 0.4) is 0 Å². The van der Waals surface area contributed by atoms with Gasteiger partial charge in [0.25, 0.3) is 0 Å². The van der Waals surface area contributed by atoms with Gasteiger partial charge in [0.1, 0.15) is 0 Å². The molecule has 2 rings (SSSR count). The van der Waals surface area contributed by atoms with Gasteiger partial charge < -0.3 is 5.73 Å². The normalized spacial score (nSPS) is 32.2. The van der Waals surface area contributed by atoms with Crippen LogP contribution in [0.1, 0.15) is 45.4 Å². The van der Waals surface area contributed by atoms with Crippen LogP contribution in [0.4, 0.5) is 0 Å². The first kappa shape index (κ1) is 7.60. The van der Waals surface area contributed by atoms with Gasteiger partial charge in [0.2, 0.25) is 0 Å². The van der Waals surface area contributed by atoms with Crippen LogP contribution < -0.4 is 5.73 Å². The highest BCUT2D eigenvalue weighted by Gasteiger charge is 2.46. The summed E-state index contributed by atoms with van der Waals surface area (Å²) in [5.41, 5.74) is 6.77. The molecule has 0 aromatic carbocycles. The summed E-state index contributed by atoms with van der Waals surface area (Å²) in [6, 6.07) is 0.519. The average molecular weight is 153 g/mol. The monoisotopic (exact) mass is 153 g/mol. The van der Waals surface area contributed by atoms with Crippen molar-refractivity contribution in [3.63, 3.8) is 0 Å². The molecular formula is C10H19N. The van der Waals surface area contributed by atoms with Crippen LogP contribution >= 0.6 is 0 Å². The van der Waals surface area contributed by atoms with Crippen LogP contribution in [0.5, 0.6) is 0 Å². The van der Waals surface area contributed by atoms with E-state index in [0.29, 0.717) is 11.5 Å². The fraction of sp³-hybridized carbons (Fsp3) is 1.00. The first-order chi connectivity index (χ1) is 5.22. The molecule has 64 valence electrons. The van der Waals surface area contributed by atoms with Crippen LogP contribution in [0.2, 0.25) is 0 Å². The van der Waals surface area contributed by atoms with Gasteiger partial charge in [-0.3, -0.25) is 0 Å². The highest BCUT2D eigenvalue weighted by atomic mass is 14.7. The summed E-state index contributed by atoms with van der Waals surface area (Å²) in [5, 5.41) is 0. The van der Waals surface area contributed by atoms with Crippen molar-refractivity contribution in [3.05, 3.63) is 0 Å². The van der Waals surface area contributed by atoms with Gasteiger partial charge in [0.15, 0.2) is 0 Å². The molecule has 0 heterocycles. The molecule has 0 aromatic rings. The van der Waals surface area contributed by atoms with Crippen molar-refractivity contribution >= 4 is 0 Å². The highest BCUT2D eigenvalue weighted by Crippen LogP contribution is 2.51. The zero-order chi connectivity index (χ0) is 7.90. The molecule has 0 spiro atoms. The van der Waals surface area contributed by atoms with E-state index in [-0.39, 0.29) is 0 Å². The van der Waals surface area contributed by atoms with E-state index in [1.807, 2.05) is 0 Å². The number of hydrogen-bond acceptors (Lipinski definition) is 1. The molecule has 2 N–H and O–H groups in total. The first-order valence-corrected chi connectivity index (χ1v) is 4.98. The van der Waals surface area contributed by atoms with Crippen molar-refractivity contribution in [2.45, 2.75) is 51.5 Å². The van der Waals surface area contributed by atoms with Gasteiger partial charge in [-0.05, 0) is 37.0 Å². The van der Waals surface area contributed by atoms with E-state index in [1.165, 1.54) is 38.5 Å². The van der Waals surface area contributed by atoms with Crippen molar-refractivity contribution < 1.29 is 0 Å². The van der Waals surface area contributed by atoms with Gasteiger partial charge in [-0.15, -0.1) is 0 Å². The predicted molar refractivity (Wildman–Crippen MR) is 47.3 cm³/mol. The summed E-state index contributed by atoms with van der Waals surface area (Å²) in [6.45, 7) is 2.36. The van der Waals surface area contributed by atoms with Gasteiger partial charge >= 0.3 is 0 Å². The molecule has 1 nitrogen and oxygen atoms in total. The van der Waals surface area contributed by atoms with Crippen LogP contribution in [0.15, 0.2) is 0 Å². The van der Waals surface area contributed by atoms with Crippen molar-refractivity contribution in [2.24, 2.45) is 17.1 Å². The summed E-state index contributed by atoms with van der Waals surface area (Å²) >= 11 is 0. The Kier molecular flexibility index (Phi) is 1.71. The fourth-order valence-electron chi connectivity index (χ4n) is 2.42. The van der Waals surface area contributed by atoms with E-state index in [1.54, 1.807) is 0 Å². The largest absolute Gasteiger partial charge is 0.327 e. The molecule has 1 unspecified atom stereocenters. The second-order valence-electron chi connectivity index (χ2n) is 4.72. The standard InChI is InChI=1S/C10H19N/c1-10(6-7-10)9(11)8-4-2-3-5-8/h8-9H,2-7,11H2,1H3. The third kappa shape index (κ3) is 1.31. The number of rotatable bonds is 2. The molecule has 0 amide bonds. The van der Waals surface area contributed by atoms with E-state index < -0.39 is 0 Å². The van der Waals surface area contributed by atoms with Crippen molar-refractivity contribution in [1.29, 1.82) is 0 Å². The molecule has 0 bridgehead atoms. The van der Waals surface area contributed by atoms with Gasteiger partial charge in [-0.1, -0.05) is 19.8 Å². The molecule has 2 fully saturated rings. The lowest BCUT2D eigenvalue weighted by Crippen LogP contribution is -2.36. The Morgan fingerprint density at radius 2 is 1.82 bits per heavy atom. The molecule has 0 aromatic heterocycles. The maximum atomic E-state index is 6.22. The lowest BCUT2D eigenvalue weighted by atomic mass is 9.87. The maximum Gasteiger partial charge on any atom is 0.0121 e. The summed E-state index contributed by atoms with van der Waals surface area (Å²) in [6.07, 6.45) is 8.41. The zero-order valence-electron chi connectivity index (χ0n) is 7.47. The van der Waals surface area contributed by atoms with Crippen LogP contribution in [0, 0.1) is 11.3 Å². The number of nitrogens with two attached hydrogens (primary N) is 1. The second-order valence-corrected chi connectivity index (χ2v) is 4.72. The fourth-order valence-corrected chi connectivity index (χ4v) is 2.42. The van der Waals surface area contributed by atoms with Crippen molar-refractivity contribution in [2.75, 3.05) is 0 Å². The summed E-state index contributed by atoms with van der Waals surface area (Å²) in [4.78, 5) is 0.